The van der Waals surface area contributed by atoms with Crippen LogP contribution in [-0.4, -0.2) is 70.0 Å². The number of hydrogen-bond acceptors (Lipinski definition) is 8. The smallest absolute Gasteiger partial charge is 0.319 e. The van der Waals surface area contributed by atoms with Crippen molar-refractivity contribution in [2.45, 2.75) is 56.0 Å². The molecule has 0 radical (unpaired) electrons. The molecule has 0 spiro atoms. The first-order valence-electron chi connectivity index (χ1n) is 16.7. The lowest BCUT2D eigenvalue weighted by molar-refractivity contribution is 0.107. The fourth-order valence-electron chi connectivity index (χ4n) is 7.91. The summed E-state index contributed by atoms with van der Waals surface area (Å²) < 4.78 is 85.8. The molecule has 0 bridgehead atoms. The predicted octanol–water partition coefficient (Wildman–Crippen LogP) is 5.72. The third-order valence-corrected chi connectivity index (χ3v) is 10.2. The molecule has 47 heavy (non-hydrogen) atoms. The zero-order chi connectivity index (χ0) is 34.4. The van der Waals surface area contributed by atoms with E-state index in [4.69, 9.17) is 19.6 Å². The monoisotopic (exact) mass is 643 g/mol. The van der Waals surface area contributed by atoms with Crippen LogP contribution in [0.4, 0.5) is 29.1 Å². The fraction of sp³-hybridized carbons (Fsp3) is 0.429. The third-order valence-electron chi connectivity index (χ3n) is 10.2. The molecule has 0 unspecified atom stereocenters. The van der Waals surface area contributed by atoms with E-state index < -0.39 is 54.0 Å². The summed E-state index contributed by atoms with van der Waals surface area (Å²) in [4.78, 5) is 16.7. The van der Waals surface area contributed by atoms with Crippen LogP contribution in [0.3, 0.4) is 0 Å². The Labute approximate surface area is 271 Å². The van der Waals surface area contributed by atoms with Gasteiger partial charge in [0.15, 0.2) is 5.82 Å². The number of rotatable bonds is 5. The Morgan fingerprint density at radius 2 is 2.06 bits per heavy atom. The number of nitrogens with zero attached hydrogens (tertiary/aromatic N) is 6. The molecule has 4 aromatic rings. The van der Waals surface area contributed by atoms with Crippen molar-refractivity contribution in [2.75, 3.05) is 36.8 Å². The second-order valence-corrected chi connectivity index (χ2v) is 13.0. The Kier molecular flexibility index (Phi) is 6.39. The van der Waals surface area contributed by atoms with Crippen LogP contribution in [0.2, 0.25) is 0 Å². The van der Waals surface area contributed by atoms with E-state index >= 15 is 8.78 Å². The number of nitriles is 1. The number of terminal acetylenes is 1. The molecule has 2 aromatic heterocycles. The molecular weight excluding hydrogens is 610 g/mol. The molecule has 1 saturated carbocycles. The van der Waals surface area contributed by atoms with Gasteiger partial charge in [-0.25, -0.2) is 17.6 Å². The first kappa shape index (κ1) is 27.4. The van der Waals surface area contributed by atoms with Gasteiger partial charge in [0.1, 0.15) is 41.7 Å². The molecular formula is C35H31F4N7O. The van der Waals surface area contributed by atoms with Crippen LogP contribution in [0.5, 0.6) is 6.01 Å². The van der Waals surface area contributed by atoms with E-state index in [-0.39, 0.29) is 70.0 Å². The highest BCUT2D eigenvalue weighted by Crippen LogP contribution is 2.49. The minimum atomic E-state index is -2.49. The average molecular weight is 644 g/mol. The van der Waals surface area contributed by atoms with Gasteiger partial charge in [0.05, 0.1) is 31.3 Å². The number of hydrogen-bond donors (Lipinski definition) is 1. The average Bonchev–Trinajstić information content (AvgIpc) is 3.37. The van der Waals surface area contributed by atoms with E-state index in [0.29, 0.717) is 37.6 Å². The van der Waals surface area contributed by atoms with Gasteiger partial charge in [-0.3, -0.25) is 9.88 Å². The van der Waals surface area contributed by atoms with Crippen LogP contribution in [-0.2, 0) is 0 Å². The van der Waals surface area contributed by atoms with E-state index in [9.17, 15) is 14.0 Å². The summed E-state index contributed by atoms with van der Waals surface area (Å²) in [6, 6.07) is 6.75. The number of alkyl halides is 2. The molecule has 4 aliphatic rings. The number of ether oxygens (including phenoxy) is 1. The Bertz CT molecular complexity index is 2120. The summed E-state index contributed by atoms with van der Waals surface area (Å²) in [5.41, 5.74) is 4.58. The molecule has 3 aliphatic heterocycles. The van der Waals surface area contributed by atoms with E-state index in [1.54, 1.807) is 15.9 Å². The molecule has 12 heteroatoms. The minimum Gasteiger partial charge on any atom is -0.461 e. The lowest BCUT2D eigenvalue weighted by Gasteiger charge is -2.31. The van der Waals surface area contributed by atoms with Crippen molar-refractivity contribution in [3.8, 4) is 35.7 Å². The molecule has 2 N–H and O–H groups in total. The van der Waals surface area contributed by atoms with E-state index in [0.717, 1.165) is 0 Å². The molecule has 4 fully saturated rings. The Morgan fingerprint density at radius 1 is 1.21 bits per heavy atom. The second kappa shape index (κ2) is 11.0. The highest BCUT2D eigenvalue weighted by Gasteiger charge is 2.57. The summed E-state index contributed by atoms with van der Waals surface area (Å²) in [6.07, 6.45) is 6.16. The van der Waals surface area contributed by atoms with Gasteiger partial charge in [0.25, 0.3) is 0 Å². The quantitative estimate of drug-likeness (QED) is 0.167. The van der Waals surface area contributed by atoms with Crippen LogP contribution in [0, 0.1) is 47.1 Å². The Morgan fingerprint density at radius 3 is 2.87 bits per heavy atom. The third kappa shape index (κ3) is 4.72. The molecule has 8 rings (SSSR count). The Balaban J connectivity index is 1.32. The minimum absolute atomic E-state index is 0.0690. The van der Waals surface area contributed by atoms with Crippen molar-refractivity contribution in [3.05, 3.63) is 47.7 Å². The molecule has 1 aliphatic carbocycles. The molecule has 5 heterocycles. The van der Waals surface area contributed by atoms with Gasteiger partial charge in [-0.2, -0.15) is 15.2 Å². The first-order chi connectivity index (χ1) is 23.5. The predicted molar refractivity (Wildman–Crippen MR) is 169 cm³/mol. The number of anilines is 2. The van der Waals surface area contributed by atoms with E-state index in [1.807, 2.05) is 0 Å². The van der Waals surface area contributed by atoms with Crippen molar-refractivity contribution in [2.24, 2.45) is 11.8 Å². The molecule has 8 nitrogen and oxygen atoms in total. The second-order valence-electron chi connectivity index (χ2n) is 13.0. The van der Waals surface area contributed by atoms with Gasteiger partial charge in [-0.05, 0) is 55.8 Å². The SMILES string of the molecule is [2H]C([2H])(Oc1nc(N2CC[C@@H](C#N)C[C@@H]3[C@@H](F)[C@@H]32)c2cnc(-c3cc(N)cc4ccc(F)c(C#C)c34)c(F)c2n1)[C@@]12CCCN1C[C@H](F)C2. The normalized spacial score (nSPS) is 29.4. The van der Waals surface area contributed by atoms with Gasteiger partial charge >= 0.3 is 6.01 Å². The summed E-state index contributed by atoms with van der Waals surface area (Å²) in [7, 11) is 0. The Hall–Kier alpha value is -4.68. The van der Waals surface area contributed by atoms with Crippen LogP contribution >= 0.6 is 0 Å². The van der Waals surface area contributed by atoms with Crippen LogP contribution in [0.25, 0.3) is 32.9 Å². The van der Waals surface area contributed by atoms with Crippen molar-refractivity contribution in [1.82, 2.24) is 19.9 Å². The molecule has 3 saturated heterocycles. The van der Waals surface area contributed by atoms with Crippen LogP contribution in [0.1, 0.15) is 40.4 Å². The van der Waals surface area contributed by atoms with E-state index in [1.165, 1.54) is 24.4 Å². The molecule has 2 aromatic carbocycles. The number of aromatic nitrogens is 3. The number of fused-ring (bicyclic) bond motifs is 4. The van der Waals surface area contributed by atoms with Gasteiger partial charge in [-0.15, -0.1) is 6.42 Å². The summed E-state index contributed by atoms with van der Waals surface area (Å²) in [5, 5.41) is 10.4. The lowest BCUT2D eigenvalue weighted by atomic mass is 9.95. The van der Waals surface area contributed by atoms with Gasteiger partial charge in [0, 0.05) is 54.2 Å². The maximum Gasteiger partial charge on any atom is 0.319 e. The van der Waals surface area contributed by atoms with Crippen molar-refractivity contribution >= 4 is 33.2 Å². The van der Waals surface area contributed by atoms with Crippen molar-refractivity contribution < 1.29 is 25.0 Å². The topological polar surface area (TPSA) is 104 Å². The largest absolute Gasteiger partial charge is 0.461 e. The zero-order valence-corrected chi connectivity index (χ0v) is 25.2. The zero-order valence-electron chi connectivity index (χ0n) is 27.2. The number of halogens is 4. The van der Waals surface area contributed by atoms with E-state index in [2.05, 4.69) is 26.9 Å². The van der Waals surface area contributed by atoms with Crippen molar-refractivity contribution in [1.29, 1.82) is 5.26 Å². The number of benzene rings is 2. The summed E-state index contributed by atoms with van der Waals surface area (Å²) in [6.45, 7) is -1.70. The summed E-state index contributed by atoms with van der Waals surface area (Å²) in [5.74, 6) is -0.0694. The molecule has 6 atom stereocenters. The lowest BCUT2D eigenvalue weighted by Crippen LogP contribution is -2.43. The first-order valence-corrected chi connectivity index (χ1v) is 15.7. The van der Waals surface area contributed by atoms with Gasteiger partial charge in [0.2, 0.25) is 0 Å². The number of nitrogen functional groups attached to an aromatic ring is 1. The number of nitrogens with two attached hydrogens (primary N) is 1. The molecule has 240 valence electrons. The summed E-state index contributed by atoms with van der Waals surface area (Å²) >= 11 is 0. The maximum atomic E-state index is 17.0. The van der Waals surface area contributed by atoms with Crippen LogP contribution < -0.4 is 15.4 Å². The highest BCUT2D eigenvalue weighted by molar-refractivity contribution is 6.03. The van der Waals surface area contributed by atoms with Crippen LogP contribution in [0.15, 0.2) is 30.5 Å². The standard InChI is InChI=1S/C35H31F4N7O/c1-2-22-26(37)5-4-19-11-21(41)12-23(27(19)22)30-29(39)31-25(15-42-30)33(46-9-6-18(14-40)10-24-28(38)32(24)46)44-34(43-31)47-17-35-7-3-8-45(35)16-20(36)13-35/h1,4-5,11-12,15,18,20,24,28,32H,3,6-10,13,16-17,41H2/t18-,20-,24-,28-,32-,35+/m1/s1/i17D2. The fourth-order valence-corrected chi connectivity index (χ4v) is 7.91. The van der Waals surface area contributed by atoms with Gasteiger partial charge < -0.3 is 15.4 Å². The van der Waals surface area contributed by atoms with Crippen molar-refractivity contribution in [3.63, 3.8) is 0 Å². The maximum absolute atomic E-state index is 17.0. The van der Waals surface area contributed by atoms with Gasteiger partial charge in [-0.1, -0.05) is 12.0 Å². The number of pyridine rings is 1. The molecule has 0 amide bonds. The highest BCUT2D eigenvalue weighted by atomic mass is 19.1.